The first-order valence-corrected chi connectivity index (χ1v) is 7.45. The second-order valence-corrected chi connectivity index (χ2v) is 6.05. The minimum absolute atomic E-state index is 0. The van der Waals surface area contributed by atoms with E-state index in [1.807, 2.05) is 0 Å². The van der Waals surface area contributed by atoms with E-state index in [2.05, 4.69) is 61.5 Å². The lowest BCUT2D eigenvalue weighted by atomic mass is 9.95. The van der Waals surface area contributed by atoms with Crippen LogP contribution in [0.4, 0.5) is 0 Å². The van der Waals surface area contributed by atoms with Gasteiger partial charge in [-0.3, -0.25) is 0 Å². The molecule has 0 nitrogen and oxygen atoms in total. The fraction of sp³-hybridized carbons (Fsp3) is 0.368. The molecule has 0 radical (unpaired) electrons. The first kappa shape index (κ1) is 12.5. The summed E-state index contributed by atoms with van der Waals surface area (Å²) >= 11 is 0. The van der Waals surface area contributed by atoms with Gasteiger partial charge in [-0.25, -0.2) is 0 Å². The Hall–Kier alpha value is -1.56. The quantitative estimate of drug-likeness (QED) is 0.681. The second-order valence-electron chi connectivity index (χ2n) is 6.05. The van der Waals surface area contributed by atoms with Crippen LogP contribution in [0.2, 0.25) is 0 Å². The van der Waals surface area contributed by atoms with Crippen molar-refractivity contribution in [1.82, 2.24) is 0 Å². The number of benzene rings is 2. The summed E-state index contributed by atoms with van der Waals surface area (Å²) < 4.78 is 0. The van der Waals surface area contributed by atoms with Gasteiger partial charge < -0.3 is 0 Å². The van der Waals surface area contributed by atoms with E-state index in [1.54, 1.807) is 0 Å². The van der Waals surface area contributed by atoms with E-state index >= 15 is 0 Å². The molecule has 1 saturated carbocycles. The lowest BCUT2D eigenvalue weighted by molar-refractivity contribution is 0.513. The molecule has 0 saturated heterocycles. The summed E-state index contributed by atoms with van der Waals surface area (Å²) in [6, 6.07) is 19.8. The molecular weight excluding hydrogens is 228 g/mol. The maximum absolute atomic E-state index is 2.39. The smallest absolute Gasteiger partial charge is 0.0625 e. The van der Waals surface area contributed by atoms with Gasteiger partial charge in [0.1, 0.15) is 0 Å². The zero-order valence-electron chi connectivity index (χ0n) is 12.7. The molecule has 2 atom stereocenters. The minimum atomic E-state index is 0. The Bertz CT molecular complexity index is 515. The minimum Gasteiger partial charge on any atom is -0.0625 e. The van der Waals surface area contributed by atoms with Crippen molar-refractivity contribution in [1.29, 1.82) is 0 Å². The van der Waals surface area contributed by atoms with Gasteiger partial charge in [-0.1, -0.05) is 67.9 Å². The first-order chi connectivity index (χ1) is 9.31. The molecule has 98 valence electrons. The van der Waals surface area contributed by atoms with Crippen molar-refractivity contribution in [3.63, 3.8) is 0 Å². The van der Waals surface area contributed by atoms with Crippen molar-refractivity contribution >= 4 is 0 Å². The van der Waals surface area contributed by atoms with Crippen molar-refractivity contribution < 1.29 is 1.43 Å². The van der Waals surface area contributed by atoms with E-state index in [9.17, 15) is 0 Å². The van der Waals surface area contributed by atoms with E-state index in [0.29, 0.717) is 0 Å². The molecular formula is C19H23+. The molecule has 1 fully saturated rings. The normalized spacial score (nSPS) is 22.6. The third-order valence-electron chi connectivity index (χ3n) is 4.39. The fourth-order valence-corrected chi connectivity index (χ4v) is 3.31. The van der Waals surface area contributed by atoms with Gasteiger partial charge in [0.2, 0.25) is 0 Å². The van der Waals surface area contributed by atoms with Crippen LogP contribution >= 0.6 is 0 Å². The molecule has 3 rings (SSSR count). The van der Waals surface area contributed by atoms with Gasteiger partial charge in [0.25, 0.3) is 0 Å². The lowest BCUT2D eigenvalue weighted by Crippen LogP contribution is -1.99. The summed E-state index contributed by atoms with van der Waals surface area (Å²) in [5.41, 5.74) is 4.13. The monoisotopic (exact) mass is 251 g/mol. The van der Waals surface area contributed by atoms with Crippen molar-refractivity contribution in [2.24, 2.45) is 11.8 Å². The van der Waals surface area contributed by atoms with Crippen molar-refractivity contribution in [3.8, 4) is 11.1 Å². The first-order valence-electron chi connectivity index (χ1n) is 7.45. The molecule has 2 aromatic carbocycles. The van der Waals surface area contributed by atoms with Crippen molar-refractivity contribution in [3.05, 3.63) is 60.2 Å². The van der Waals surface area contributed by atoms with Gasteiger partial charge in [0.15, 0.2) is 0 Å². The summed E-state index contributed by atoms with van der Waals surface area (Å²) in [5, 5.41) is 0. The largest absolute Gasteiger partial charge is 1.00 e. The SMILES string of the molecule is CC1CCC(Cc2ccc(-c3ccccc3)cc2)C1.[H+]. The van der Waals surface area contributed by atoms with Crippen molar-refractivity contribution in [2.75, 3.05) is 0 Å². The molecule has 1 aliphatic carbocycles. The van der Waals surface area contributed by atoms with E-state index in [1.165, 1.54) is 42.4 Å². The molecule has 0 spiro atoms. The Morgan fingerprint density at radius 1 is 0.895 bits per heavy atom. The molecule has 0 N–H and O–H groups in total. The molecule has 0 aromatic heterocycles. The highest BCUT2D eigenvalue weighted by atomic mass is 14.3. The number of hydrogen-bond donors (Lipinski definition) is 0. The fourth-order valence-electron chi connectivity index (χ4n) is 3.31. The van der Waals surface area contributed by atoms with Gasteiger partial charge in [-0.15, -0.1) is 0 Å². The standard InChI is InChI=1S/C19H22/c1-15-7-8-17(13-15)14-16-9-11-19(12-10-16)18-5-3-2-4-6-18/h2-6,9-12,15,17H,7-8,13-14H2,1H3/p+1. The van der Waals surface area contributed by atoms with Gasteiger partial charge in [-0.05, 0) is 47.8 Å². The van der Waals surface area contributed by atoms with Crippen molar-refractivity contribution in [2.45, 2.75) is 32.6 Å². The molecule has 2 aromatic rings. The molecule has 0 heteroatoms. The van der Waals surface area contributed by atoms with E-state index < -0.39 is 0 Å². The van der Waals surface area contributed by atoms with E-state index in [4.69, 9.17) is 0 Å². The van der Waals surface area contributed by atoms with Crippen LogP contribution in [-0.2, 0) is 6.42 Å². The Balaban J connectivity index is 0.00000147. The Morgan fingerprint density at radius 2 is 1.58 bits per heavy atom. The maximum Gasteiger partial charge on any atom is 1.00 e. The van der Waals surface area contributed by atoms with Gasteiger partial charge in [0.05, 0.1) is 0 Å². The average Bonchev–Trinajstić information content (AvgIpc) is 2.86. The van der Waals surface area contributed by atoms with Crippen LogP contribution in [0.1, 0.15) is 33.2 Å². The second kappa shape index (κ2) is 5.61. The Labute approximate surface area is 118 Å². The van der Waals surface area contributed by atoms with Crippen LogP contribution in [0.3, 0.4) is 0 Å². The molecule has 0 bridgehead atoms. The zero-order chi connectivity index (χ0) is 13.1. The predicted molar refractivity (Wildman–Crippen MR) is 83.2 cm³/mol. The highest BCUT2D eigenvalue weighted by Gasteiger charge is 2.21. The van der Waals surface area contributed by atoms with Gasteiger partial charge in [-0.2, -0.15) is 0 Å². The van der Waals surface area contributed by atoms with Crippen LogP contribution in [0.25, 0.3) is 11.1 Å². The Kier molecular flexibility index (Phi) is 3.68. The molecule has 0 amide bonds. The van der Waals surface area contributed by atoms with Crippen LogP contribution in [0.5, 0.6) is 0 Å². The third kappa shape index (κ3) is 3.07. The zero-order valence-corrected chi connectivity index (χ0v) is 11.7. The Morgan fingerprint density at radius 3 is 2.21 bits per heavy atom. The maximum atomic E-state index is 2.39. The van der Waals surface area contributed by atoms with Crippen LogP contribution < -0.4 is 0 Å². The summed E-state index contributed by atoms with van der Waals surface area (Å²) in [7, 11) is 0. The molecule has 0 aliphatic heterocycles. The lowest BCUT2D eigenvalue weighted by Gasteiger charge is -2.10. The van der Waals surface area contributed by atoms with E-state index in [0.717, 1.165) is 11.8 Å². The summed E-state index contributed by atoms with van der Waals surface area (Å²) in [6.45, 7) is 2.39. The third-order valence-corrected chi connectivity index (χ3v) is 4.39. The van der Waals surface area contributed by atoms with E-state index in [-0.39, 0.29) is 1.43 Å². The molecule has 2 unspecified atom stereocenters. The highest BCUT2D eigenvalue weighted by molar-refractivity contribution is 5.63. The summed E-state index contributed by atoms with van der Waals surface area (Å²) in [6.07, 6.45) is 5.52. The predicted octanol–water partition coefficient (Wildman–Crippen LogP) is 5.44. The number of rotatable bonds is 3. The average molecular weight is 251 g/mol. The molecule has 19 heavy (non-hydrogen) atoms. The molecule has 1 aliphatic rings. The van der Waals surface area contributed by atoms with Gasteiger partial charge in [0, 0.05) is 0 Å². The topological polar surface area (TPSA) is 0 Å². The van der Waals surface area contributed by atoms with Crippen LogP contribution in [-0.4, -0.2) is 0 Å². The van der Waals surface area contributed by atoms with Crippen LogP contribution in [0, 0.1) is 11.8 Å². The van der Waals surface area contributed by atoms with Gasteiger partial charge >= 0.3 is 1.43 Å². The highest BCUT2D eigenvalue weighted by Crippen LogP contribution is 2.33. The molecule has 0 heterocycles. The summed E-state index contributed by atoms with van der Waals surface area (Å²) in [5.74, 6) is 1.85. The number of hydrogen-bond acceptors (Lipinski definition) is 0. The summed E-state index contributed by atoms with van der Waals surface area (Å²) in [4.78, 5) is 0. The van der Waals surface area contributed by atoms with Crippen LogP contribution in [0.15, 0.2) is 54.6 Å².